The summed E-state index contributed by atoms with van der Waals surface area (Å²) in [5.41, 5.74) is 2.95. The van der Waals surface area contributed by atoms with Crippen LogP contribution in [0.3, 0.4) is 0 Å². The maximum atomic E-state index is 12.4. The van der Waals surface area contributed by atoms with E-state index in [0.29, 0.717) is 28.1 Å². The smallest absolute Gasteiger partial charge is 0.343 e. The minimum absolute atomic E-state index is 0.0891. The number of aryl methyl sites for hydroxylation is 1. The van der Waals surface area contributed by atoms with Gasteiger partial charge in [0.05, 0.1) is 17.2 Å². The zero-order valence-corrected chi connectivity index (χ0v) is 16.6. The zero-order chi connectivity index (χ0) is 22.2. The number of hydrogen-bond donors (Lipinski definition) is 1. The summed E-state index contributed by atoms with van der Waals surface area (Å²) in [4.78, 5) is 24.5. The number of esters is 1. The maximum Gasteiger partial charge on any atom is 0.343 e. The molecule has 0 saturated carbocycles. The average molecular weight is 407 g/mol. The number of carbonyl (C=O) groups excluding carboxylic acids is 2. The van der Waals surface area contributed by atoms with Gasteiger partial charge in [0.25, 0.3) is 5.91 Å². The van der Waals surface area contributed by atoms with E-state index in [1.165, 1.54) is 6.08 Å². The normalized spacial score (nSPS) is 10.5. The summed E-state index contributed by atoms with van der Waals surface area (Å²) in [6.07, 6.45) is 1.44. The van der Waals surface area contributed by atoms with Crippen molar-refractivity contribution in [2.75, 3.05) is 5.32 Å². The third-order valence-corrected chi connectivity index (χ3v) is 4.33. The Kier molecular flexibility index (Phi) is 6.57. The third kappa shape index (κ3) is 5.66. The molecule has 3 rings (SSSR count). The first-order valence-electron chi connectivity index (χ1n) is 9.31. The van der Waals surface area contributed by atoms with Gasteiger partial charge in [-0.15, -0.1) is 0 Å². The van der Waals surface area contributed by atoms with Crippen LogP contribution in [0, 0.1) is 29.6 Å². The van der Waals surface area contributed by atoms with E-state index in [4.69, 9.17) is 10.00 Å². The van der Waals surface area contributed by atoms with E-state index in [2.05, 4.69) is 5.32 Å². The lowest BCUT2D eigenvalue weighted by atomic mass is 10.1. The lowest BCUT2D eigenvalue weighted by molar-refractivity contribution is -0.112. The fourth-order valence-corrected chi connectivity index (χ4v) is 2.63. The Balaban J connectivity index is 1.67. The van der Waals surface area contributed by atoms with Crippen molar-refractivity contribution >= 4 is 23.6 Å². The molecule has 3 aromatic rings. The van der Waals surface area contributed by atoms with Crippen LogP contribution in [0.5, 0.6) is 5.75 Å². The molecule has 6 nitrogen and oxygen atoms in total. The van der Waals surface area contributed by atoms with Crippen LogP contribution in [0.4, 0.5) is 5.69 Å². The molecule has 3 aromatic carbocycles. The van der Waals surface area contributed by atoms with E-state index in [0.717, 1.165) is 5.56 Å². The number of rotatable bonds is 5. The molecule has 0 spiro atoms. The Labute approximate surface area is 179 Å². The van der Waals surface area contributed by atoms with Gasteiger partial charge in [0.1, 0.15) is 17.4 Å². The molecule has 0 fully saturated rings. The van der Waals surface area contributed by atoms with Crippen LogP contribution in [-0.4, -0.2) is 11.9 Å². The number of hydrogen-bond acceptors (Lipinski definition) is 5. The Hall–Kier alpha value is -4.68. The van der Waals surface area contributed by atoms with Crippen LogP contribution in [0.1, 0.15) is 27.0 Å². The quantitative estimate of drug-likeness (QED) is 0.287. The molecule has 0 aromatic heterocycles. The first-order valence-corrected chi connectivity index (χ1v) is 9.31. The van der Waals surface area contributed by atoms with Crippen molar-refractivity contribution < 1.29 is 14.3 Å². The van der Waals surface area contributed by atoms with E-state index in [9.17, 15) is 14.9 Å². The van der Waals surface area contributed by atoms with Gasteiger partial charge in [-0.05, 0) is 67.1 Å². The highest BCUT2D eigenvalue weighted by atomic mass is 16.5. The first-order chi connectivity index (χ1) is 15.0. The lowest BCUT2D eigenvalue weighted by Crippen LogP contribution is -2.13. The lowest BCUT2D eigenvalue weighted by Gasteiger charge is -2.06. The second-order valence-corrected chi connectivity index (χ2v) is 6.64. The Morgan fingerprint density at radius 3 is 2.13 bits per heavy atom. The number of carbonyl (C=O) groups is 2. The number of anilines is 1. The van der Waals surface area contributed by atoms with Crippen molar-refractivity contribution in [2.24, 2.45) is 0 Å². The molecule has 0 saturated heterocycles. The van der Waals surface area contributed by atoms with E-state index < -0.39 is 11.9 Å². The molecule has 31 heavy (non-hydrogen) atoms. The number of nitrogens with zero attached hydrogens (tertiary/aromatic N) is 2. The topological polar surface area (TPSA) is 103 Å². The van der Waals surface area contributed by atoms with Crippen LogP contribution in [0.2, 0.25) is 0 Å². The maximum absolute atomic E-state index is 12.4. The van der Waals surface area contributed by atoms with Crippen molar-refractivity contribution in [3.05, 3.63) is 101 Å². The second-order valence-electron chi connectivity index (χ2n) is 6.64. The molecule has 0 aliphatic carbocycles. The Morgan fingerprint density at radius 1 is 0.903 bits per heavy atom. The minimum atomic E-state index is -0.568. The highest BCUT2D eigenvalue weighted by molar-refractivity contribution is 6.09. The van der Waals surface area contributed by atoms with Crippen molar-refractivity contribution in [2.45, 2.75) is 6.92 Å². The van der Waals surface area contributed by atoms with E-state index in [1.807, 2.05) is 31.2 Å². The molecule has 0 aliphatic heterocycles. The summed E-state index contributed by atoms with van der Waals surface area (Å²) < 4.78 is 5.35. The third-order valence-electron chi connectivity index (χ3n) is 4.33. The van der Waals surface area contributed by atoms with E-state index in [1.54, 1.807) is 60.7 Å². The molecule has 0 aliphatic rings. The van der Waals surface area contributed by atoms with Gasteiger partial charge in [-0.1, -0.05) is 29.8 Å². The van der Waals surface area contributed by atoms with Crippen molar-refractivity contribution in [1.29, 1.82) is 10.5 Å². The molecule has 0 radical (unpaired) electrons. The van der Waals surface area contributed by atoms with Crippen molar-refractivity contribution in [1.82, 2.24) is 0 Å². The molecule has 1 amide bonds. The number of nitriles is 2. The molecular formula is C25H17N3O3. The largest absolute Gasteiger partial charge is 0.423 e. The predicted molar refractivity (Wildman–Crippen MR) is 116 cm³/mol. The molecule has 1 N–H and O–H groups in total. The van der Waals surface area contributed by atoms with Crippen LogP contribution in [0.15, 0.2) is 78.4 Å². The predicted octanol–water partition coefficient (Wildman–Crippen LogP) is 4.63. The highest BCUT2D eigenvalue weighted by Crippen LogP contribution is 2.17. The number of nitrogens with one attached hydrogen (secondary N) is 1. The number of amides is 1. The van der Waals surface area contributed by atoms with Gasteiger partial charge in [-0.25, -0.2) is 4.79 Å². The SMILES string of the molecule is Cc1ccc(C(=O)Oc2ccc(C=C(C#N)C(=O)Nc3ccc(C#N)cc3)cc2)cc1. The monoisotopic (exact) mass is 407 g/mol. The van der Waals surface area contributed by atoms with Crippen LogP contribution < -0.4 is 10.1 Å². The summed E-state index contributed by atoms with van der Waals surface area (Å²) in [5.74, 6) is -0.687. The van der Waals surface area contributed by atoms with Gasteiger partial charge in [0.15, 0.2) is 0 Å². The number of benzene rings is 3. The van der Waals surface area contributed by atoms with Crippen LogP contribution >= 0.6 is 0 Å². The molecule has 150 valence electrons. The first kappa shape index (κ1) is 21.0. The van der Waals surface area contributed by atoms with Crippen molar-refractivity contribution in [3.8, 4) is 17.9 Å². The number of ether oxygens (including phenoxy) is 1. The van der Waals surface area contributed by atoms with Gasteiger partial charge >= 0.3 is 5.97 Å². The molecule has 0 unspecified atom stereocenters. The summed E-state index contributed by atoms with van der Waals surface area (Å²) in [7, 11) is 0. The fraction of sp³-hybridized carbons (Fsp3) is 0.0400. The van der Waals surface area contributed by atoms with Gasteiger partial charge < -0.3 is 10.1 Å². The molecule has 0 atom stereocenters. The van der Waals surface area contributed by atoms with Gasteiger partial charge in [-0.3, -0.25) is 4.79 Å². The van der Waals surface area contributed by atoms with E-state index in [-0.39, 0.29) is 5.57 Å². The highest BCUT2D eigenvalue weighted by Gasteiger charge is 2.11. The summed E-state index contributed by atoms with van der Waals surface area (Å²) in [6, 6.07) is 23.7. The average Bonchev–Trinajstić information content (AvgIpc) is 2.79. The zero-order valence-electron chi connectivity index (χ0n) is 16.6. The fourth-order valence-electron chi connectivity index (χ4n) is 2.63. The Bertz CT molecular complexity index is 1210. The van der Waals surface area contributed by atoms with Crippen LogP contribution in [-0.2, 0) is 4.79 Å². The van der Waals surface area contributed by atoms with Crippen LogP contribution in [0.25, 0.3) is 6.08 Å². The molecule has 6 heteroatoms. The molecule has 0 heterocycles. The minimum Gasteiger partial charge on any atom is -0.423 e. The van der Waals surface area contributed by atoms with Crippen molar-refractivity contribution in [3.63, 3.8) is 0 Å². The standard InChI is InChI=1S/C25H17N3O3/c1-17-2-8-20(9-3-17)25(30)31-23-12-6-18(7-13-23)14-21(16-27)24(29)28-22-10-4-19(15-26)5-11-22/h2-14H,1H3,(H,28,29). The molecule has 0 bridgehead atoms. The van der Waals surface area contributed by atoms with E-state index >= 15 is 0 Å². The second kappa shape index (κ2) is 9.69. The molecular weight excluding hydrogens is 390 g/mol. The van der Waals surface area contributed by atoms with Gasteiger partial charge in [0, 0.05) is 5.69 Å². The summed E-state index contributed by atoms with van der Waals surface area (Å²) >= 11 is 0. The Morgan fingerprint density at radius 2 is 1.55 bits per heavy atom. The summed E-state index contributed by atoms with van der Waals surface area (Å²) in [5, 5.41) is 20.8. The summed E-state index contributed by atoms with van der Waals surface area (Å²) in [6.45, 7) is 1.93. The van der Waals surface area contributed by atoms with Gasteiger partial charge in [0.2, 0.25) is 0 Å². The van der Waals surface area contributed by atoms with Gasteiger partial charge in [-0.2, -0.15) is 10.5 Å².